The molecular weight excluding hydrogens is 456 g/mol. The quantitative estimate of drug-likeness (QED) is 0.369. The van der Waals surface area contributed by atoms with Crippen LogP contribution >= 0.6 is 0 Å². The van der Waals surface area contributed by atoms with Crippen molar-refractivity contribution in [1.29, 1.82) is 0 Å². The summed E-state index contributed by atoms with van der Waals surface area (Å²) in [6.07, 6.45) is -1.13. The van der Waals surface area contributed by atoms with Crippen molar-refractivity contribution in [1.82, 2.24) is 4.57 Å². The summed E-state index contributed by atoms with van der Waals surface area (Å²) in [5, 5.41) is 3.88. The van der Waals surface area contributed by atoms with Crippen LogP contribution in [0.2, 0.25) is 0 Å². The highest BCUT2D eigenvalue weighted by atomic mass is 16.5. The average Bonchev–Trinajstić information content (AvgIpc) is 2.88. The van der Waals surface area contributed by atoms with E-state index in [9.17, 15) is 14.4 Å². The summed E-state index contributed by atoms with van der Waals surface area (Å²) in [4.78, 5) is 39.5. The zero-order valence-electron chi connectivity index (χ0n) is 20.7. The number of aromatic nitrogens is 1. The number of nitrogens with zero attached hydrogens (tertiary/aromatic N) is 1. The Hall–Kier alpha value is -4.39. The van der Waals surface area contributed by atoms with Crippen LogP contribution in [-0.2, 0) is 16.6 Å². The van der Waals surface area contributed by atoms with Gasteiger partial charge < -0.3 is 19.4 Å². The van der Waals surface area contributed by atoms with E-state index in [-0.39, 0.29) is 11.3 Å². The summed E-state index contributed by atoms with van der Waals surface area (Å²) in [6.45, 7) is 5.75. The van der Waals surface area contributed by atoms with E-state index >= 15 is 0 Å². The fraction of sp³-hybridized carbons (Fsp3) is 0.207. The fourth-order valence-electron chi connectivity index (χ4n) is 4.07. The molecular formula is C29H28N2O5. The van der Waals surface area contributed by atoms with E-state index < -0.39 is 18.0 Å². The van der Waals surface area contributed by atoms with Crippen molar-refractivity contribution in [2.45, 2.75) is 26.9 Å². The van der Waals surface area contributed by atoms with E-state index in [1.54, 1.807) is 36.4 Å². The molecule has 0 radical (unpaired) electrons. The number of rotatable bonds is 7. The van der Waals surface area contributed by atoms with Gasteiger partial charge in [-0.05, 0) is 49.9 Å². The normalized spacial score (nSPS) is 11.7. The summed E-state index contributed by atoms with van der Waals surface area (Å²) in [7, 11) is 1.53. The monoisotopic (exact) mass is 484 g/mol. The van der Waals surface area contributed by atoms with Crippen LogP contribution in [0.3, 0.4) is 0 Å². The summed E-state index contributed by atoms with van der Waals surface area (Å²) < 4.78 is 12.4. The van der Waals surface area contributed by atoms with Gasteiger partial charge in [-0.15, -0.1) is 0 Å². The lowest BCUT2D eigenvalue weighted by Crippen LogP contribution is -2.33. The Morgan fingerprint density at radius 1 is 0.944 bits per heavy atom. The van der Waals surface area contributed by atoms with Gasteiger partial charge in [0.1, 0.15) is 11.4 Å². The van der Waals surface area contributed by atoms with E-state index in [0.717, 1.165) is 11.1 Å². The predicted molar refractivity (Wildman–Crippen MR) is 140 cm³/mol. The Labute approximate surface area is 209 Å². The smallest absolute Gasteiger partial charge is 0.356 e. The van der Waals surface area contributed by atoms with Crippen LogP contribution in [-0.4, -0.2) is 29.2 Å². The van der Waals surface area contributed by atoms with Crippen molar-refractivity contribution in [3.8, 4) is 16.9 Å². The molecule has 1 aromatic heterocycles. The second-order valence-corrected chi connectivity index (χ2v) is 8.47. The van der Waals surface area contributed by atoms with Gasteiger partial charge >= 0.3 is 5.97 Å². The lowest BCUT2D eigenvalue weighted by molar-refractivity contribution is -0.123. The van der Waals surface area contributed by atoms with Crippen LogP contribution in [0.1, 0.15) is 29.9 Å². The minimum absolute atomic E-state index is 0.0805. The number of anilines is 1. The molecule has 4 rings (SSSR count). The summed E-state index contributed by atoms with van der Waals surface area (Å²) in [6, 6.07) is 21.9. The minimum atomic E-state index is -1.13. The molecule has 1 N–H and O–H groups in total. The van der Waals surface area contributed by atoms with Crippen LogP contribution in [0, 0.1) is 6.92 Å². The molecule has 0 saturated heterocycles. The van der Waals surface area contributed by atoms with Crippen LogP contribution in [0.5, 0.6) is 5.75 Å². The van der Waals surface area contributed by atoms with Gasteiger partial charge in [-0.3, -0.25) is 9.59 Å². The van der Waals surface area contributed by atoms with E-state index in [1.807, 2.05) is 50.2 Å². The van der Waals surface area contributed by atoms with Crippen molar-refractivity contribution in [3.63, 3.8) is 0 Å². The topological polar surface area (TPSA) is 86.6 Å². The first-order valence-electron chi connectivity index (χ1n) is 11.7. The second-order valence-electron chi connectivity index (χ2n) is 8.47. The Morgan fingerprint density at radius 3 is 2.28 bits per heavy atom. The van der Waals surface area contributed by atoms with Gasteiger partial charge in [-0.2, -0.15) is 0 Å². The number of carbonyl (C=O) groups is 2. The summed E-state index contributed by atoms with van der Waals surface area (Å²) in [5.74, 6) is -0.764. The molecule has 3 aromatic carbocycles. The Morgan fingerprint density at radius 2 is 1.58 bits per heavy atom. The van der Waals surface area contributed by atoms with Gasteiger partial charge in [-0.1, -0.05) is 60.2 Å². The van der Waals surface area contributed by atoms with Crippen LogP contribution in [0.4, 0.5) is 5.69 Å². The van der Waals surface area contributed by atoms with Gasteiger partial charge in [0.05, 0.1) is 12.3 Å². The molecule has 0 spiro atoms. The highest BCUT2D eigenvalue weighted by Gasteiger charge is 2.26. The molecule has 7 nitrogen and oxygen atoms in total. The van der Waals surface area contributed by atoms with Crippen molar-refractivity contribution >= 4 is 28.3 Å². The predicted octanol–water partition coefficient (Wildman–Crippen LogP) is 5.10. The number of para-hydroxylation sites is 2. The number of aryl methyl sites for hydroxylation is 1. The molecule has 36 heavy (non-hydrogen) atoms. The van der Waals surface area contributed by atoms with Gasteiger partial charge in [0.15, 0.2) is 6.10 Å². The number of benzene rings is 3. The first kappa shape index (κ1) is 24.7. The number of nitrogens with one attached hydrogen (secondary N) is 1. The van der Waals surface area contributed by atoms with Gasteiger partial charge in [0, 0.05) is 18.0 Å². The standard InChI is InChI=1S/C29H28N2O5/c1-5-35-24-13-9-8-12-23(24)30-27(32)19(3)36-29(34)26-25(20-16-14-18(2)15-17-20)21-10-6-7-11-22(21)28(33)31(26)4/h6-17,19H,5H2,1-4H3,(H,30,32). The second kappa shape index (κ2) is 10.5. The molecule has 4 aromatic rings. The summed E-state index contributed by atoms with van der Waals surface area (Å²) in [5.41, 5.74) is 2.64. The molecule has 0 aliphatic carbocycles. The Bertz CT molecular complexity index is 1490. The van der Waals surface area contributed by atoms with Crippen LogP contribution in [0.15, 0.2) is 77.6 Å². The first-order chi connectivity index (χ1) is 17.3. The van der Waals surface area contributed by atoms with E-state index in [0.29, 0.717) is 34.4 Å². The average molecular weight is 485 g/mol. The Balaban J connectivity index is 1.71. The molecule has 184 valence electrons. The van der Waals surface area contributed by atoms with E-state index in [4.69, 9.17) is 9.47 Å². The van der Waals surface area contributed by atoms with Crippen molar-refractivity contribution in [2.24, 2.45) is 7.05 Å². The third kappa shape index (κ3) is 4.86. The fourth-order valence-corrected chi connectivity index (χ4v) is 4.07. The molecule has 0 aliphatic heterocycles. The summed E-state index contributed by atoms with van der Waals surface area (Å²) >= 11 is 0. The Kier molecular flexibility index (Phi) is 7.20. The maximum Gasteiger partial charge on any atom is 0.356 e. The zero-order chi connectivity index (χ0) is 25.8. The molecule has 1 amide bonds. The van der Waals surface area contributed by atoms with E-state index in [1.165, 1.54) is 18.5 Å². The van der Waals surface area contributed by atoms with Crippen molar-refractivity contribution in [3.05, 3.63) is 94.4 Å². The molecule has 0 aliphatic rings. The van der Waals surface area contributed by atoms with Crippen molar-refractivity contribution in [2.75, 3.05) is 11.9 Å². The largest absolute Gasteiger partial charge is 0.492 e. The highest BCUT2D eigenvalue weighted by molar-refractivity contribution is 6.07. The number of esters is 1. The number of fused-ring (bicyclic) bond motifs is 1. The molecule has 1 unspecified atom stereocenters. The van der Waals surface area contributed by atoms with E-state index in [2.05, 4.69) is 5.32 Å². The molecule has 0 saturated carbocycles. The number of ether oxygens (including phenoxy) is 2. The number of amides is 1. The lowest BCUT2D eigenvalue weighted by atomic mass is 9.96. The van der Waals surface area contributed by atoms with Crippen LogP contribution < -0.4 is 15.6 Å². The minimum Gasteiger partial charge on any atom is -0.492 e. The molecule has 1 atom stereocenters. The molecule has 7 heteroatoms. The van der Waals surface area contributed by atoms with Gasteiger partial charge in [0.25, 0.3) is 11.5 Å². The third-order valence-corrected chi connectivity index (χ3v) is 5.94. The van der Waals surface area contributed by atoms with Crippen LogP contribution in [0.25, 0.3) is 21.9 Å². The first-order valence-corrected chi connectivity index (χ1v) is 11.7. The molecule has 0 bridgehead atoms. The van der Waals surface area contributed by atoms with Gasteiger partial charge in [0.2, 0.25) is 0 Å². The zero-order valence-corrected chi connectivity index (χ0v) is 20.7. The maximum atomic E-state index is 13.5. The van der Waals surface area contributed by atoms with Crippen molar-refractivity contribution < 1.29 is 19.1 Å². The van der Waals surface area contributed by atoms with Gasteiger partial charge in [-0.25, -0.2) is 4.79 Å². The lowest BCUT2D eigenvalue weighted by Gasteiger charge is -2.19. The molecule has 1 heterocycles. The number of pyridine rings is 1. The number of carbonyl (C=O) groups excluding carboxylic acids is 2. The molecule has 0 fully saturated rings. The SMILES string of the molecule is CCOc1ccccc1NC(=O)C(C)OC(=O)c1c(-c2ccc(C)cc2)c2ccccc2c(=O)n1C. The maximum absolute atomic E-state index is 13.5. The number of hydrogen-bond donors (Lipinski definition) is 1. The highest BCUT2D eigenvalue weighted by Crippen LogP contribution is 2.31. The number of hydrogen-bond acceptors (Lipinski definition) is 5. The third-order valence-electron chi connectivity index (χ3n) is 5.94.